The molecule has 4 aromatic rings. The number of hydrogen-bond donors (Lipinski definition) is 4. The SMILES string of the molecule is Cc1cccc2[nH]cc(CC(=O)NC3CCCC3NC(=O)Cc3c[nH]c4cccc(C)c34)c12. The number of carbonyl (C=O) groups excluding carboxylic acids is 2. The van der Waals surface area contributed by atoms with Crippen LogP contribution in [0.25, 0.3) is 21.8 Å². The molecule has 0 aliphatic heterocycles. The Hall–Kier alpha value is -3.54. The Kier molecular flexibility index (Phi) is 5.67. The maximum Gasteiger partial charge on any atom is 0.224 e. The molecule has 0 bridgehead atoms. The number of rotatable bonds is 6. The van der Waals surface area contributed by atoms with E-state index in [0.29, 0.717) is 12.8 Å². The van der Waals surface area contributed by atoms with Crippen molar-refractivity contribution in [1.82, 2.24) is 20.6 Å². The fraction of sp³-hybridized carbons (Fsp3) is 0.333. The lowest BCUT2D eigenvalue weighted by Gasteiger charge is -2.22. The van der Waals surface area contributed by atoms with Gasteiger partial charge in [0.25, 0.3) is 0 Å². The minimum Gasteiger partial charge on any atom is -0.361 e. The first-order valence-corrected chi connectivity index (χ1v) is 11.7. The van der Waals surface area contributed by atoms with Gasteiger partial charge in [0.05, 0.1) is 12.8 Å². The summed E-state index contributed by atoms with van der Waals surface area (Å²) in [5.74, 6) is -0.00453. The van der Waals surface area contributed by atoms with Crippen LogP contribution in [0.3, 0.4) is 0 Å². The highest BCUT2D eigenvalue weighted by atomic mass is 16.2. The summed E-state index contributed by atoms with van der Waals surface area (Å²) in [7, 11) is 0. The van der Waals surface area contributed by atoms with E-state index in [1.165, 1.54) is 0 Å². The zero-order valence-corrected chi connectivity index (χ0v) is 19.1. The summed E-state index contributed by atoms with van der Waals surface area (Å²) in [5.41, 5.74) is 6.44. The minimum atomic E-state index is -0.0301. The molecular formula is C27H30N4O2. The van der Waals surface area contributed by atoms with Gasteiger partial charge in [-0.2, -0.15) is 0 Å². The molecule has 2 aromatic carbocycles. The topological polar surface area (TPSA) is 89.8 Å². The van der Waals surface area contributed by atoms with E-state index < -0.39 is 0 Å². The molecule has 1 saturated carbocycles. The second kappa shape index (κ2) is 8.77. The zero-order valence-electron chi connectivity index (χ0n) is 19.1. The fourth-order valence-corrected chi connectivity index (χ4v) is 5.35. The lowest BCUT2D eigenvalue weighted by Crippen LogP contribution is -2.49. The maximum absolute atomic E-state index is 12.9. The summed E-state index contributed by atoms with van der Waals surface area (Å²) in [5, 5.41) is 8.61. The highest BCUT2D eigenvalue weighted by Crippen LogP contribution is 2.25. The second-order valence-electron chi connectivity index (χ2n) is 9.26. The quantitative estimate of drug-likeness (QED) is 0.360. The Balaban J connectivity index is 1.22. The summed E-state index contributed by atoms with van der Waals surface area (Å²) in [4.78, 5) is 32.2. The van der Waals surface area contributed by atoms with Crippen LogP contribution in [0.15, 0.2) is 48.8 Å². The molecule has 1 aliphatic carbocycles. The first-order chi connectivity index (χ1) is 16.0. The second-order valence-corrected chi connectivity index (χ2v) is 9.26. The fourth-order valence-electron chi connectivity index (χ4n) is 5.35. The molecule has 2 amide bonds. The number of aromatic nitrogens is 2. The van der Waals surface area contributed by atoms with Crippen molar-refractivity contribution in [3.05, 3.63) is 71.0 Å². The van der Waals surface area contributed by atoms with Gasteiger partial charge in [0, 0.05) is 46.3 Å². The molecule has 1 aliphatic rings. The highest BCUT2D eigenvalue weighted by Gasteiger charge is 2.30. The van der Waals surface area contributed by atoms with Crippen LogP contribution in [0.5, 0.6) is 0 Å². The van der Waals surface area contributed by atoms with Crippen molar-refractivity contribution in [2.24, 2.45) is 0 Å². The molecular weight excluding hydrogens is 412 g/mol. The van der Waals surface area contributed by atoms with E-state index in [1.807, 2.05) is 36.7 Å². The van der Waals surface area contributed by atoms with Gasteiger partial charge in [-0.05, 0) is 67.5 Å². The zero-order chi connectivity index (χ0) is 22.9. The molecule has 6 nitrogen and oxygen atoms in total. The van der Waals surface area contributed by atoms with E-state index in [4.69, 9.17) is 0 Å². The summed E-state index contributed by atoms with van der Waals surface area (Å²) >= 11 is 0. The number of carbonyl (C=O) groups is 2. The number of amides is 2. The van der Waals surface area contributed by atoms with Crippen LogP contribution in [0.1, 0.15) is 41.5 Å². The van der Waals surface area contributed by atoms with Crippen molar-refractivity contribution in [3.8, 4) is 0 Å². The number of hydrogen-bond acceptors (Lipinski definition) is 2. The van der Waals surface area contributed by atoms with Gasteiger partial charge in [-0.25, -0.2) is 0 Å². The predicted molar refractivity (Wildman–Crippen MR) is 131 cm³/mol. The molecule has 2 atom stereocenters. The Labute approximate surface area is 193 Å². The van der Waals surface area contributed by atoms with Gasteiger partial charge >= 0.3 is 0 Å². The van der Waals surface area contributed by atoms with Gasteiger partial charge < -0.3 is 20.6 Å². The molecule has 0 spiro atoms. The molecule has 2 heterocycles. The molecule has 4 N–H and O–H groups in total. The van der Waals surface area contributed by atoms with Crippen LogP contribution < -0.4 is 10.6 Å². The van der Waals surface area contributed by atoms with E-state index in [2.05, 4.69) is 46.6 Å². The van der Waals surface area contributed by atoms with Crippen LogP contribution in [-0.4, -0.2) is 33.9 Å². The van der Waals surface area contributed by atoms with Gasteiger partial charge in [0.2, 0.25) is 11.8 Å². The number of aryl methyl sites for hydroxylation is 2. The van der Waals surface area contributed by atoms with Crippen molar-refractivity contribution in [1.29, 1.82) is 0 Å². The van der Waals surface area contributed by atoms with Crippen molar-refractivity contribution in [2.75, 3.05) is 0 Å². The van der Waals surface area contributed by atoms with Crippen molar-refractivity contribution in [2.45, 2.75) is 58.0 Å². The Bertz CT molecular complexity index is 1230. The standard InChI is InChI=1S/C27H30N4O2/c1-16-6-3-10-22-26(16)18(14-28-22)12-24(32)30-20-8-5-9-21(20)31-25(33)13-19-15-29-23-11-4-7-17(2)27(19)23/h3-4,6-7,10-11,14-15,20-21,28-29H,5,8-9,12-13H2,1-2H3,(H,30,32)(H,31,33). The third-order valence-electron chi connectivity index (χ3n) is 6.90. The van der Waals surface area contributed by atoms with Crippen LogP contribution in [-0.2, 0) is 22.4 Å². The third kappa shape index (κ3) is 4.25. The molecule has 33 heavy (non-hydrogen) atoms. The van der Waals surface area contributed by atoms with Crippen LogP contribution >= 0.6 is 0 Å². The molecule has 0 radical (unpaired) electrons. The first kappa shape index (κ1) is 21.3. The van der Waals surface area contributed by atoms with Gasteiger partial charge in [0.15, 0.2) is 0 Å². The van der Waals surface area contributed by atoms with E-state index in [-0.39, 0.29) is 23.9 Å². The number of benzene rings is 2. The molecule has 6 heteroatoms. The Morgan fingerprint density at radius 2 is 1.24 bits per heavy atom. The third-order valence-corrected chi connectivity index (χ3v) is 6.90. The predicted octanol–water partition coefficient (Wildman–Crippen LogP) is 4.20. The monoisotopic (exact) mass is 442 g/mol. The minimum absolute atomic E-state index is 0.00226. The maximum atomic E-state index is 12.9. The van der Waals surface area contributed by atoms with Gasteiger partial charge in [0.1, 0.15) is 0 Å². The van der Waals surface area contributed by atoms with Crippen molar-refractivity contribution < 1.29 is 9.59 Å². The average molecular weight is 443 g/mol. The van der Waals surface area contributed by atoms with Crippen LogP contribution in [0, 0.1) is 13.8 Å². The largest absolute Gasteiger partial charge is 0.361 e. The van der Waals surface area contributed by atoms with Gasteiger partial charge in [-0.1, -0.05) is 24.3 Å². The molecule has 1 fully saturated rings. The van der Waals surface area contributed by atoms with E-state index in [9.17, 15) is 9.59 Å². The van der Waals surface area contributed by atoms with E-state index in [1.54, 1.807) is 0 Å². The number of fused-ring (bicyclic) bond motifs is 2. The lowest BCUT2D eigenvalue weighted by atomic mass is 10.0. The smallest absolute Gasteiger partial charge is 0.224 e. The lowest BCUT2D eigenvalue weighted by molar-refractivity contribution is -0.123. The van der Waals surface area contributed by atoms with Crippen molar-refractivity contribution in [3.63, 3.8) is 0 Å². The number of aromatic amines is 2. The Morgan fingerprint density at radius 3 is 1.70 bits per heavy atom. The first-order valence-electron chi connectivity index (χ1n) is 11.7. The summed E-state index contributed by atoms with van der Waals surface area (Å²) in [6.07, 6.45) is 7.27. The van der Waals surface area contributed by atoms with Gasteiger partial charge in [-0.15, -0.1) is 0 Å². The summed E-state index contributed by atoms with van der Waals surface area (Å²) in [6.45, 7) is 4.13. The number of nitrogens with one attached hydrogen (secondary N) is 4. The molecule has 0 saturated heterocycles. The normalized spacial score (nSPS) is 18.1. The highest BCUT2D eigenvalue weighted by molar-refractivity contribution is 5.92. The molecule has 5 rings (SSSR count). The van der Waals surface area contributed by atoms with E-state index >= 15 is 0 Å². The van der Waals surface area contributed by atoms with Crippen molar-refractivity contribution >= 4 is 33.6 Å². The summed E-state index contributed by atoms with van der Waals surface area (Å²) < 4.78 is 0. The van der Waals surface area contributed by atoms with E-state index in [0.717, 1.165) is 63.3 Å². The molecule has 2 aromatic heterocycles. The summed E-state index contributed by atoms with van der Waals surface area (Å²) in [6, 6.07) is 12.2. The molecule has 2 unspecified atom stereocenters. The van der Waals surface area contributed by atoms with Crippen LogP contribution in [0.4, 0.5) is 0 Å². The molecule has 170 valence electrons. The average Bonchev–Trinajstić information content (AvgIpc) is 3.49. The Morgan fingerprint density at radius 1 is 0.788 bits per heavy atom. The van der Waals surface area contributed by atoms with Crippen LogP contribution in [0.2, 0.25) is 0 Å². The van der Waals surface area contributed by atoms with Gasteiger partial charge in [-0.3, -0.25) is 9.59 Å². The number of H-pyrrole nitrogens is 2.